The van der Waals surface area contributed by atoms with E-state index in [0.717, 1.165) is 0 Å². The SMILES string of the molecule is Oc1ccccc1-c1ccccc1OC(F)(F)F. The largest absolute Gasteiger partial charge is 0.573 e. The van der Waals surface area contributed by atoms with Crippen molar-refractivity contribution >= 4 is 0 Å². The average molecular weight is 254 g/mol. The van der Waals surface area contributed by atoms with Crippen LogP contribution >= 0.6 is 0 Å². The second-order valence-electron chi connectivity index (χ2n) is 3.56. The minimum absolute atomic E-state index is 0.101. The number of benzene rings is 2. The van der Waals surface area contributed by atoms with E-state index >= 15 is 0 Å². The lowest BCUT2D eigenvalue weighted by Gasteiger charge is -2.13. The summed E-state index contributed by atoms with van der Waals surface area (Å²) in [7, 11) is 0. The van der Waals surface area contributed by atoms with Crippen LogP contribution in [0.1, 0.15) is 0 Å². The lowest BCUT2D eigenvalue weighted by atomic mass is 10.0. The van der Waals surface area contributed by atoms with Crippen LogP contribution < -0.4 is 4.74 Å². The molecule has 0 saturated heterocycles. The Morgan fingerprint density at radius 1 is 0.833 bits per heavy atom. The Hall–Kier alpha value is -2.17. The Bertz CT molecular complexity index is 550. The molecule has 0 aliphatic rings. The molecule has 0 aliphatic heterocycles. The fraction of sp³-hybridized carbons (Fsp3) is 0.0769. The third-order valence-electron chi connectivity index (χ3n) is 2.31. The van der Waals surface area contributed by atoms with Gasteiger partial charge in [-0.1, -0.05) is 36.4 Å². The van der Waals surface area contributed by atoms with Crippen LogP contribution in [-0.4, -0.2) is 11.5 Å². The number of phenolic OH excluding ortho intramolecular Hbond substituents is 1. The second kappa shape index (κ2) is 4.60. The van der Waals surface area contributed by atoms with Crippen molar-refractivity contribution in [1.29, 1.82) is 0 Å². The number of hydrogen-bond donors (Lipinski definition) is 1. The maximum Gasteiger partial charge on any atom is 0.573 e. The van der Waals surface area contributed by atoms with E-state index in [1.807, 2.05) is 0 Å². The number of alkyl halides is 3. The summed E-state index contributed by atoms with van der Waals surface area (Å²) < 4.78 is 40.7. The van der Waals surface area contributed by atoms with Crippen LogP contribution in [-0.2, 0) is 0 Å². The average Bonchev–Trinajstić information content (AvgIpc) is 2.29. The van der Waals surface area contributed by atoms with Crippen LogP contribution in [0.2, 0.25) is 0 Å². The fourth-order valence-electron chi connectivity index (χ4n) is 1.60. The standard InChI is InChI=1S/C13H9F3O2/c14-13(15,16)18-12-8-4-2-6-10(12)9-5-1-3-7-11(9)17/h1-8,17H. The van der Waals surface area contributed by atoms with Crippen molar-refractivity contribution < 1.29 is 23.0 Å². The highest BCUT2D eigenvalue weighted by Gasteiger charge is 2.32. The molecule has 1 N–H and O–H groups in total. The Kier molecular flexibility index (Phi) is 3.14. The number of ether oxygens (including phenoxy) is 1. The number of phenols is 1. The zero-order valence-electron chi connectivity index (χ0n) is 9.11. The van der Waals surface area contributed by atoms with Crippen molar-refractivity contribution in [3.05, 3.63) is 48.5 Å². The van der Waals surface area contributed by atoms with Gasteiger partial charge in [-0.3, -0.25) is 0 Å². The van der Waals surface area contributed by atoms with E-state index in [2.05, 4.69) is 4.74 Å². The van der Waals surface area contributed by atoms with E-state index in [1.54, 1.807) is 18.2 Å². The Morgan fingerprint density at radius 3 is 2.00 bits per heavy atom. The monoisotopic (exact) mass is 254 g/mol. The summed E-state index contributed by atoms with van der Waals surface area (Å²) in [6.45, 7) is 0. The van der Waals surface area contributed by atoms with E-state index < -0.39 is 6.36 Å². The van der Waals surface area contributed by atoms with Gasteiger partial charge in [0, 0.05) is 11.1 Å². The molecule has 94 valence electrons. The van der Waals surface area contributed by atoms with Crippen LogP contribution in [0.5, 0.6) is 11.5 Å². The van der Waals surface area contributed by atoms with Crippen molar-refractivity contribution in [3.8, 4) is 22.6 Å². The fourth-order valence-corrected chi connectivity index (χ4v) is 1.60. The Morgan fingerprint density at radius 2 is 1.39 bits per heavy atom. The van der Waals surface area contributed by atoms with E-state index in [-0.39, 0.29) is 22.6 Å². The molecule has 2 nitrogen and oxygen atoms in total. The first-order valence-corrected chi connectivity index (χ1v) is 5.10. The van der Waals surface area contributed by atoms with Gasteiger partial charge in [0.2, 0.25) is 0 Å². The Labute approximate surface area is 101 Å². The molecule has 0 bridgehead atoms. The van der Waals surface area contributed by atoms with Gasteiger partial charge in [0.15, 0.2) is 0 Å². The lowest BCUT2D eigenvalue weighted by Crippen LogP contribution is -2.17. The topological polar surface area (TPSA) is 29.5 Å². The van der Waals surface area contributed by atoms with Crippen LogP contribution in [0, 0.1) is 0 Å². The highest BCUT2D eigenvalue weighted by molar-refractivity contribution is 5.75. The van der Waals surface area contributed by atoms with Gasteiger partial charge in [-0.05, 0) is 12.1 Å². The molecular weight excluding hydrogens is 245 g/mol. The van der Waals surface area contributed by atoms with Crippen molar-refractivity contribution in [2.45, 2.75) is 6.36 Å². The quantitative estimate of drug-likeness (QED) is 0.879. The summed E-state index contributed by atoms with van der Waals surface area (Å²) in [5.74, 6) is -0.442. The van der Waals surface area contributed by atoms with E-state index in [0.29, 0.717) is 0 Å². The molecule has 2 aromatic rings. The predicted octanol–water partition coefficient (Wildman–Crippen LogP) is 3.96. The Balaban J connectivity index is 2.49. The van der Waals surface area contributed by atoms with Gasteiger partial charge in [-0.2, -0.15) is 0 Å². The molecule has 0 saturated carbocycles. The molecule has 0 fully saturated rings. The number of aromatic hydroxyl groups is 1. The van der Waals surface area contributed by atoms with Crippen LogP contribution in [0.15, 0.2) is 48.5 Å². The third kappa shape index (κ3) is 2.74. The highest BCUT2D eigenvalue weighted by Crippen LogP contribution is 2.37. The molecule has 0 atom stereocenters. The first kappa shape index (κ1) is 12.3. The molecular formula is C13H9F3O2. The summed E-state index contributed by atoms with van der Waals surface area (Å²) in [4.78, 5) is 0. The van der Waals surface area contributed by atoms with Crippen molar-refractivity contribution in [3.63, 3.8) is 0 Å². The summed E-state index contributed by atoms with van der Waals surface area (Å²) >= 11 is 0. The van der Waals surface area contributed by atoms with Crippen LogP contribution in [0.25, 0.3) is 11.1 Å². The van der Waals surface area contributed by atoms with Gasteiger partial charge in [-0.15, -0.1) is 13.2 Å². The van der Waals surface area contributed by atoms with Gasteiger partial charge in [0.1, 0.15) is 11.5 Å². The van der Waals surface area contributed by atoms with E-state index in [1.165, 1.54) is 30.3 Å². The van der Waals surface area contributed by atoms with Gasteiger partial charge < -0.3 is 9.84 Å². The maximum absolute atomic E-state index is 12.3. The summed E-state index contributed by atoms with van der Waals surface area (Å²) in [5, 5.41) is 9.65. The predicted molar refractivity (Wildman–Crippen MR) is 60.2 cm³/mol. The molecule has 0 aliphatic carbocycles. The number of halogens is 3. The number of hydrogen-bond acceptors (Lipinski definition) is 2. The van der Waals surface area contributed by atoms with Gasteiger partial charge >= 0.3 is 6.36 Å². The molecule has 2 rings (SSSR count). The van der Waals surface area contributed by atoms with Crippen LogP contribution in [0.3, 0.4) is 0 Å². The highest BCUT2D eigenvalue weighted by atomic mass is 19.4. The van der Waals surface area contributed by atoms with E-state index in [9.17, 15) is 18.3 Å². The van der Waals surface area contributed by atoms with Crippen molar-refractivity contribution in [2.75, 3.05) is 0 Å². The summed E-state index contributed by atoms with van der Waals surface area (Å²) in [6.07, 6.45) is -4.76. The van der Waals surface area contributed by atoms with Crippen LogP contribution in [0.4, 0.5) is 13.2 Å². The van der Waals surface area contributed by atoms with Gasteiger partial charge in [0.05, 0.1) is 0 Å². The minimum atomic E-state index is -4.76. The molecule has 18 heavy (non-hydrogen) atoms. The van der Waals surface area contributed by atoms with Gasteiger partial charge in [-0.25, -0.2) is 0 Å². The zero-order chi connectivity index (χ0) is 13.2. The third-order valence-corrected chi connectivity index (χ3v) is 2.31. The smallest absolute Gasteiger partial charge is 0.507 e. The first-order valence-electron chi connectivity index (χ1n) is 5.10. The molecule has 0 unspecified atom stereocenters. The van der Waals surface area contributed by atoms with Gasteiger partial charge in [0.25, 0.3) is 0 Å². The molecule has 0 aromatic heterocycles. The molecule has 0 heterocycles. The summed E-state index contributed by atoms with van der Waals surface area (Å²) in [6, 6.07) is 11.8. The minimum Gasteiger partial charge on any atom is -0.507 e. The molecule has 0 spiro atoms. The molecule has 2 aromatic carbocycles. The second-order valence-corrected chi connectivity index (χ2v) is 3.56. The lowest BCUT2D eigenvalue weighted by molar-refractivity contribution is -0.274. The molecule has 5 heteroatoms. The number of para-hydroxylation sites is 2. The first-order chi connectivity index (χ1) is 8.47. The molecule has 0 amide bonds. The summed E-state index contributed by atoms with van der Waals surface area (Å²) in [5.41, 5.74) is 0.477. The normalized spacial score (nSPS) is 11.3. The van der Waals surface area contributed by atoms with E-state index in [4.69, 9.17) is 0 Å². The molecule has 0 radical (unpaired) electrons. The zero-order valence-corrected chi connectivity index (χ0v) is 9.11. The van der Waals surface area contributed by atoms with Crippen molar-refractivity contribution in [2.24, 2.45) is 0 Å². The van der Waals surface area contributed by atoms with Crippen molar-refractivity contribution in [1.82, 2.24) is 0 Å². The maximum atomic E-state index is 12.3. The number of rotatable bonds is 2.